The second kappa shape index (κ2) is 8.17. The van der Waals surface area contributed by atoms with Gasteiger partial charge in [0, 0.05) is 20.8 Å². The van der Waals surface area contributed by atoms with E-state index in [1.54, 1.807) is 0 Å². The molecule has 1 fully saturated rings. The molecule has 0 amide bonds. The van der Waals surface area contributed by atoms with Crippen LogP contribution in [0, 0.1) is 0 Å². The first kappa shape index (κ1) is 20.7. The van der Waals surface area contributed by atoms with Gasteiger partial charge in [-0.25, -0.2) is 4.98 Å². The topological polar surface area (TPSA) is 158 Å². The zero-order valence-electron chi connectivity index (χ0n) is 15.7. The maximum atomic E-state index is 11.7. The summed E-state index contributed by atoms with van der Waals surface area (Å²) >= 11 is 5.89. The molecule has 0 spiro atoms. The van der Waals surface area contributed by atoms with E-state index in [4.69, 9.17) is 36.3 Å². The molecule has 4 atom stereocenters. The Bertz CT molecular complexity index is 965. The van der Waals surface area contributed by atoms with Gasteiger partial charge in [0.2, 0.25) is 5.28 Å². The van der Waals surface area contributed by atoms with Crippen molar-refractivity contribution in [1.29, 1.82) is 0 Å². The largest absolute Gasteiger partial charge is 0.463 e. The van der Waals surface area contributed by atoms with Gasteiger partial charge in [0.05, 0.1) is 6.33 Å². The summed E-state index contributed by atoms with van der Waals surface area (Å²) in [6, 6.07) is 0. The number of fused-ring (bicyclic) bond motifs is 1. The second-order valence-electron chi connectivity index (χ2n) is 6.22. The van der Waals surface area contributed by atoms with Crippen molar-refractivity contribution in [3.8, 4) is 0 Å². The number of nitrogens with two attached hydrogens (primary N) is 1. The quantitative estimate of drug-likeness (QED) is 0.399. The number of carbonyl (C=O) groups is 3. The van der Waals surface area contributed by atoms with Gasteiger partial charge >= 0.3 is 17.9 Å². The standard InChI is InChI=1S/C16H18ClN5O7/c1-6(23)26-4-9-11(27-7(2)24)12(28-8(3)25)15(29-9)22-5-19-10-13(18)20-16(17)21-14(10)22/h5,9,11-12,15H,4H2,1-3H3,(H2,18,20,21)/t9-,11+,12-,15?/m0/s1. The Morgan fingerprint density at radius 1 is 1.14 bits per heavy atom. The van der Waals surface area contributed by atoms with E-state index in [2.05, 4.69) is 15.0 Å². The van der Waals surface area contributed by atoms with Crippen LogP contribution in [0.15, 0.2) is 6.33 Å². The molecule has 0 bridgehead atoms. The van der Waals surface area contributed by atoms with E-state index in [-0.39, 0.29) is 28.9 Å². The van der Waals surface area contributed by atoms with E-state index in [1.165, 1.54) is 31.7 Å². The maximum absolute atomic E-state index is 11.7. The number of carbonyl (C=O) groups excluding carboxylic acids is 3. The van der Waals surface area contributed by atoms with Crippen LogP contribution in [0.5, 0.6) is 0 Å². The van der Waals surface area contributed by atoms with Crippen molar-refractivity contribution < 1.29 is 33.3 Å². The molecule has 2 aromatic rings. The molecule has 29 heavy (non-hydrogen) atoms. The van der Waals surface area contributed by atoms with E-state index < -0.39 is 42.4 Å². The van der Waals surface area contributed by atoms with Gasteiger partial charge in [-0.05, 0) is 11.6 Å². The molecular formula is C16H18ClN5O7. The molecule has 1 unspecified atom stereocenters. The molecule has 2 aromatic heterocycles. The number of nitrogen functional groups attached to an aromatic ring is 1. The second-order valence-corrected chi connectivity index (χ2v) is 6.56. The molecule has 3 rings (SSSR count). The minimum atomic E-state index is -1.08. The number of imidazole rings is 1. The summed E-state index contributed by atoms with van der Waals surface area (Å²) in [5, 5.41) is -0.119. The van der Waals surface area contributed by atoms with E-state index in [1.807, 2.05) is 0 Å². The van der Waals surface area contributed by atoms with Crippen LogP contribution in [0.25, 0.3) is 11.2 Å². The normalized spacial score (nSPS) is 23.7. The van der Waals surface area contributed by atoms with Crippen LogP contribution in [0.2, 0.25) is 5.28 Å². The predicted molar refractivity (Wildman–Crippen MR) is 96.4 cm³/mol. The molecule has 0 radical (unpaired) electrons. The predicted octanol–water partition coefficient (Wildman–Crippen LogP) is 0.386. The number of rotatable bonds is 5. The highest BCUT2D eigenvalue weighted by Gasteiger charge is 2.51. The third-order valence-corrected chi connectivity index (χ3v) is 4.20. The van der Waals surface area contributed by atoms with Crippen LogP contribution in [-0.2, 0) is 33.3 Å². The highest BCUT2D eigenvalue weighted by atomic mass is 35.5. The van der Waals surface area contributed by atoms with Crippen LogP contribution in [-0.4, -0.2) is 62.3 Å². The number of nitrogens with zero attached hydrogens (tertiary/aromatic N) is 4. The van der Waals surface area contributed by atoms with Crippen LogP contribution >= 0.6 is 11.6 Å². The summed E-state index contributed by atoms with van der Waals surface area (Å²) in [7, 11) is 0. The first-order valence-electron chi connectivity index (χ1n) is 8.46. The minimum Gasteiger partial charge on any atom is -0.463 e. The number of halogens is 1. The van der Waals surface area contributed by atoms with Crippen molar-refractivity contribution in [3.63, 3.8) is 0 Å². The number of anilines is 1. The highest BCUT2D eigenvalue weighted by molar-refractivity contribution is 6.28. The van der Waals surface area contributed by atoms with Crippen LogP contribution in [0.1, 0.15) is 27.0 Å². The third-order valence-electron chi connectivity index (χ3n) is 4.04. The Hall–Kier alpha value is -2.99. The Labute approximate surface area is 169 Å². The molecular weight excluding hydrogens is 410 g/mol. The molecule has 13 heteroatoms. The maximum Gasteiger partial charge on any atom is 0.303 e. The zero-order valence-corrected chi connectivity index (χ0v) is 16.5. The van der Waals surface area contributed by atoms with Gasteiger partial charge < -0.3 is 24.7 Å². The lowest BCUT2D eigenvalue weighted by Gasteiger charge is -2.23. The summed E-state index contributed by atoms with van der Waals surface area (Å²) in [4.78, 5) is 46.6. The Morgan fingerprint density at radius 2 is 1.79 bits per heavy atom. The number of aromatic nitrogens is 4. The first-order valence-corrected chi connectivity index (χ1v) is 8.84. The van der Waals surface area contributed by atoms with Crippen LogP contribution < -0.4 is 5.73 Å². The minimum absolute atomic E-state index is 0.0498. The molecule has 1 saturated heterocycles. The number of hydrogen-bond acceptors (Lipinski definition) is 11. The average molecular weight is 428 g/mol. The lowest BCUT2D eigenvalue weighted by molar-refractivity contribution is -0.166. The molecule has 0 saturated carbocycles. The van der Waals surface area contributed by atoms with E-state index in [9.17, 15) is 14.4 Å². The zero-order chi connectivity index (χ0) is 21.3. The van der Waals surface area contributed by atoms with Gasteiger partial charge in [-0.1, -0.05) is 0 Å². The van der Waals surface area contributed by atoms with Crippen molar-refractivity contribution in [2.45, 2.75) is 45.3 Å². The molecule has 3 heterocycles. The van der Waals surface area contributed by atoms with E-state index >= 15 is 0 Å². The molecule has 12 nitrogen and oxygen atoms in total. The van der Waals surface area contributed by atoms with Gasteiger partial charge in [0.25, 0.3) is 0 Å². The van der Waals surface area contributed by atoms with Crippen molar-refractivity contribution in [3.05, 3.63) is 11.6 Å². The Balaban J connectivity index is 2.04. The smallest absolute Gasteiger partial charge is 0.303 e. The fraction of sp³-hybridized carbons (Fsp3) is 0.500. The summed E-state index contributed by atoms with van der Waals surface area (Å²) < 4.78 is 23.0. The SMILES string of the molecule is CC(=O)OC[C@@H]1OC(n2cnc3c(N)nc(Cl)nc32)[C@@H](OC(C)=O)[C@@H]1OC(C)=O. The van der Waals surface area contributed by atoms with Crippen molar-refractivity contribution in [2.24, 2.45) is 0 Å². The fourth-order valence-electron chi connectivity index (χ4n) is 3.01. The summed E-state index contributed by atoms with van der Waals surface area (Å²) in [5.41, 5.74) is 6.30. The third kappa shape index (κ3) is 4.38. The van der Waals surface area contributed by atoms with Crippen molar-refractivity contribution in [1.82, 2.24) is 19.5 Å². The van der Waals surface area contributed by atoms with Crippen LogP contribution in [0.4, 0.5) is 5.82 Å². The van der Waals surface area contributed by atoms with Gasteiger partial charge in [0.1, 0.15) is 18.2 Å². The molecule has 2 N–H and O–H groups in total. The molecule has 156 valence electrons. The number of hydrogen-bond donors (Lipinski definition) is 1. The van der Waals surface area contributed by atoms with Gasteiger partial charge in [-0.3, -0.25) is 19.0 Å². The first-order chi connectivity index (χ1) is 13.7. The molecule has 0 aliphatic carbocycles. The van der Waals surface area contributed by atoms with Gasteiger partial charge in [0.15, 0.2) is 29.9 Å². The molecule has 1 aliphatic heterocycles. The van der Waals surface area contributed by atoms with E-state index in [0.717, 1.165) is 0 Å². The monoisotopic (exact) mass is 427 g/mol. The number of esters is 3. The van der Waals surface area contributed by atoms with Gasteiger partial charge in [-0.15, -0.1) is 0 Å². The Kier molecular flexibility index (Phi) is 5.84. The molecule has 1 aliphatic rings. The lowest BCUT2D eigenvalue weighted by Crippen LogP contribution is -2.40. The van der Waals surface area contributed by atoms with E-state index in [0.29, 0.717) is 0 Å². The fourth-order valence-corrected chi connectivity index (χ4v) is 3.18. The average Bonchev–Trinajstić information content (AvgIpc) is 3.15. The van der Waals surface area contributed by atoms with Gasteiger partial charge in [-0.2, -0.15) is 9.97 Å². The lowest BCUT2D eigenvalue weighted by atomic mass is 10.1. The van der Waals surface area contributed by atoms with Crippen LogP contribution in [0.3, 0.4) is 0 Å². The highest BCUT2D eigenvalue weighted by Crippen LogP contribution is 2.36. The summed E-state index contributed by atoms with van der Waals surface area (Å²) in [5.74, 6) is -1.77. The summed E-state index contributed by atoms with van der Waals surface area (Å²) in [6.07, 6.45) is -2.70. The summed E-state index contributed by atoms with van der Waals surface area (Å²) in [6.45, 7) is 3.39. The van der Waals surface area contributed by atoms with Crippen molar-refractivity contribution in [2.75, 3.05) is 12.3 Å². The van der Waals surface area contributed by atoms with Crippen molar-refractivity contribution >= 4 is 46.5 Å². The molecule has 0 aromatic carbocycles. The Morgan fingerprint density at radius 3 is 2.41 bits per heavy atom. The number of ether oxygens (including phenoxy) is 4.